The molecule has 1 fully saturated rings. The molecule has 5 nitrogen and oxygen atoms in total. The molecule has 0 aliphatic heterocycles. The number of nitrogens with one attached hydrogen (secondary N) is 2. The molecular formula is C21H27N3O2. The second kappa shape index (κ2) is 9.92. The summed E-state index contributed by atoms with van der Waals surface area (Å²) in [5, 5.41) is 6.35. The Kier molecular flexibility index (Phi) is 7.02. The van der Waals surface area contributed by atoms with E-state index >= 15 is 0 Å². The van der Waals surface area contributed by atoms with E-state index in [1.54, 1.807) is 12.4 Å². The maximum Gasteiger partial charge on any atom is 0.234 e. The summed E-state index contributed by atoms with van der Waals surface area (Å²) in [5.41, 5.74) is 2.07. The number of carbonyl (C=O) groups excluding carboxylic acids is 1. The molecule has 138 valence electrons. The fourth-order valence-corrected chi connectivity index (χ4v) is 3.27. The van der Waals surface area contributed by atoms with E-state index < -0.39 is 0 Å². The van der Waals surface area contributed by atoms with Crippen molar-refractivity contribution in [3.05, 3.63) is 59.9 Å². The van der Waals surface area contributed by atoms with Gasteiger partial charge in [-0.3, -0.25) is 9.78 Å². The molecule has 0 atom stereocenters. The van der Waals surface area contributed by atoms with Gasteiger partial charge in [-0.05, 0) is 25.0 Å². The van der Waals surface area contributed by atoms with E-state index in [1.165, 1.54) is 19.3 Å². The number of nitrogens with zero attached hydrogens (tertiary/aromatic N) is 1. The van der Waals surface area contributed by atoms with E-state index in [4.69, 9.17) is 4.74 Å². The van der Waals surface area contributed by atoms with Crippen LogP contribution in [-0.2, 0) is 17.9 Å². The first-order valence-electron chi connectivity index (χ1n) is 9.41. The van der Waals surface area contributed by atoms with Crippen molar-refractivity contribution in [2.75, 3.05) is 6.54 Å². The molecule has 0 spiro atoms. The number of hydrogen-bond donors (Lipinski definition) is 2. The SMILES string of the molecule is O=C(CNCc1ccccc1OCc1cccnc1)NC1CCCCC1. The van der Waals surface area contributed by atoms with Crippen molar-refractivity contribution >= 4 is 5.91 Å². The quantitative estimate of drug-likeness (QED) is 0.765. The Morgan fingerprint density at radius 3 is 2.77 bits per heavy atom. The summed E-state index contributed by atoms with van der Waals surface area (Å²) in [4.78, 5) is 16.2. The van der Waals surface area contributed by atoms with Crippen LogP contribution in [0, 0.1) is 0 Å². The number of rotatable bonds is 8. The standard InChI is InChI=1S/C21H27N3O2/c25-21(24-19-9-2-1-3-10-19)15-23-14-18-8-4-5-11-20(18)26-16-17-7-6-12-22-13-17/h4-8,11-13,19,23H,1-3,9-10,14-16H2,(H,24,25). The van der Waals surface area contributed by atoms with E-state index in [0.717, 1.165) is 29.7 Å². The lowest BCUT2D eigenvalue weighted by atomic mass is 9.95. The van der Waals surface area contributed by atoms with E-state index in [-0.39, 0.29) is 5.91 Å². The van der Waals surface area contributed by atoms with Gasteiger partial charge in [0.05, 0.1) is 6.54 Å². The van der Waals surface area contributed by atoms with Crippen LogP contribution in [0.4, 0.5) is 0 Å². The number of benzene rings is 1. The molecule has 1 amide bonds. The van der Waals surface area contributed by atoms with Crippen molar-refractivity contribution in [3.8, 4) is 5.75 Å². The summed E-state index contributed by atoms with van der Waals surface area (Å²) in [5.74, 6) is 0.905. The van der Waals surface area contributed by atoms with Crippen molar-refractivity contribution in [2.24, 2.45) is 0 Å². The molecule has 1 aliphatic rings. The van der Waals surface area contributed by atoms with Gasteiger partial charge in [-0.2, -0.15) is 0 Å². The largest absolute Gasteiger partial charge is 0.489 e. The minimum atomic E-state index is 0.0747. The van der Waals surface area contributed by atoms with Gasteiger partial charge < -0.3 is 15.4 Å². The Bertz CT molecular complexity index is 685. The third kappa shape index (κ3) is 5.85. The number of amides is 1. The van der Waals surface area contributed by atoms with Gasteiger partial charge in [0.25, 0.3) is 0 Å². The second-order valence-corrected chi connectivity index (χ2v) is 6.76. The van der Waals surface area contributed by atoms with Crippen LogP contribution < -0.4 is 15.4 Å². The third-order valence-corrected chi connectivity index (χ3v) is 4.66. The summed E-state index contributed by atoms with van der Waals surface area (Å²) in [6.07, 6.45) is 9.50. The number of ether oxygens (including phenoxy) is 1. The fraction of sp³-hybridized carbons (Fsp3) is 0.429. The molecule has 1 heterocycles. The van der Waals surface area contributed by atoms with Gasteiger partial charge in [0.2, 0.25) is 5.91 Å². The zero-order chi connectivity index (χ0) is 18.0. The predicted octanol–water partition coefficient (Wildman–Crippen LogP) is 3.20. The highest BCUT2D eigenvalue weighted by molar-refractivity contribution is 5.78. The van der Waals surface area contributed by atoms with Crippen LogP contribution in [0.3, 0.4) is 0 Å². The van der Waals surface area contributed by atoms with Gasteiger partial charge in [-0.25, -0.2) is 0 Å². The van der Waals surface area contributed by atoms with Crippen LogP contribution in [0.5, 0.6) is 5.75 Å². The van der Waals surface area contributed by atoms with Crippen molar-refractivity contribution in [1.82, 2.24) is 15.6 Å². The number of para-hydroxylation sites is 1. The van der Waals surface area contributed by atoms with Gasteiger partial charge in [0, 0.05) is 36.1 Å². The van der Waals surface area contributed by atoms with Crippen LogP contribution in [0.15, 0.2) is 48.8 Å². The highest BCUT2D eigenvalue weighted by Crippen LogP contribution is 2.19. The van der Waals surface area contributed by atoms with Gasteiger partial charge in [-0.1, -0.05) is 43.5 Å². The number of hydrogen-bond acceptors (Lipinski definition) is 4. The molecule has 1 saturated carbocycles. The second-order valence-electron chi connectivity index (χ2n) is 6.76. The van der Waals surface area contributed by atoms with Crippen LogP contribution in [0.25, 0.3) is 0 Å². The van der Waals surface area contributed by atoms with Crippen molar-refractivity contribution < 1.29 is 9.53 Å². The monoisotopic (exact) mass is 353 g/mol. The zero-order valence-electron chi connectivity index (χ0n) is 15.1. The minimum absolute atomic E-state index is 0.0747. The van der Waals surface area contributed by atoms with Crippen LogP contribution in [-0.4, -0.2) is 23.5 Å². The summed E-state index contributed by atoms with van der Waals surface area (Å²) in [6, 6.07) is 12.2. The lowest BCUT2D eigenvalue weighted by Gasteiger charge is -2.22. The first kappa shape index (κ1) is 18.4. The first-order chi connectivity index (χ1) is 12.8. The molecule has 3 rings (SSSR count). The molecular weight excluding hydrogens is 326 g/mol. The van der Waals surface area contributed by atoms with E-state index in [1.807, 2.05) is 36.4 Å². The summed E-state index contributed by atoms with van der Waals surface area (Å²) in [7, 11) is 0. The van der Waals surface area contributed by atoms with E-state index in [0.29, 0.717) is 25.7 Å². The third-order valence-electron chi connectivity index (χ3n) is 4.66. The first-order valence-corrected chi connectivity index (χ1v) is 9.41. The van der Waals surface area contributed by atoms with Crippen molar-refractivity contribution in [3.63, 3.8) is 0 Å². The zero-order valence-corrected chi connectivity index (χ0v) is 15.1. The molecule has 26 heavy (non-hydrogen) atoms. The Labute approximate surface area is 155 Å². The smallest absolute Gasteiger partial charge is 0.234 e. The molecule has 0 bridgehead atoms. The van der Waals surface area contributed by atoms with Crippen molar-refractivity contribution in [2.45, 2.75) is 51.3 Å². The summed E-state index contributed by atoms with van der Waals surface area (Å²) < 4.78 is 5.92. The Morgan fingerprint density at radius 1 is 1.12 bits per heavy atom. The lowest BCUT2D eigenvalue weighted by Crippen LogP contribution is -2.41. The molecule has 2 aromatic rings. The molecule has 0 radical (unpaired) electrons. The fourth-order valence-electron chi connectivity index (χ4n) is 3.27. The topological polar surface area (TPSA) is 63.2 Å². The van der Waals surface area contributed by atoms with Gasteiger partial charge >= 0.3 is 0 Å². The Balaban J connectivity index is 1.44. The molecule has 0 saturated heterocycles. The summed E-state index contributed by atoms with van der Waals surface area (Å²) >= 11 is 0. The van der Waals surface area contributed by atoms with Crippen LogP contribution >= 0.6 is 0 Å². The summed E-state index contributed by atoms with van der Waals surface area (Å²) in [6.45, 7) is 1.40. The van der Waals surface area contributed by atoms with Gasteiger partial charge in [0.15, 0.2) is 0 Å². The molecule has 0 unspecified atom stereocenters. The van der Waals surface area contributed by atoms with E-state index in [9.17, 15) is 4.79 Å². The maximum absolute atomic E-state index is 12.1. The van der Waals surface area contributed by atoms with Crippen molar-refractivity contribution in [1.29, 1.82) is 0 Å². The van der Waals surface area contributed by atoms with Crippen LogP contribution in [0.1, 0.15) is 43.2 Å². The molecule has 1 aliphatic carbocycles. The average Bonchev–Trinajstić information content (AvgIpc) is 2.69. The highest BCUT2D eigenvalue weighted by atomic mass is 16.5. The highest BCUT2D eigenvalue weighted by Gasteiger charge is 2.15. The van der Waals surface area contributed by atoms with E-state index in [2.05, 4.69) is 15.6 Å². The minimum Gasteiger partial charge on any atom is -0.489 e. The van der Waals surface area contributed by atoms with Gasteiger partial charge in [-0.15, -0.1) is 0 Å². The number of pyridine rings is 1. The Hall–Kier alpha value is -2.40. The normalized spacial score (nSPS) is 14.8. The molecule has 2 N–H and O–H groups in total. The van der Waals surface area contributed by atoms with Crippen LogP contribution in [0.2, 0.25) is 0 Å². The molecule has 1 aromatic heterocycles. The lowest BCUT2D eigenvalue weighted by molar-refractivity contribution is -0.121. The predicted molar refractivity (Wildman–Crippen MR) is 102 cm³/mol. The molecule has 5 heteroatoms. The van der Waals surface area contributed by atoms with Gasteiger partial charge in [0.1, 0.15) is 12.4 Å². The number of carbonyl (C=O) groups is 1. The number of aromatic nitrogens is 1. The molecule has 1 aromatic carbocycles. The average molecular weight is 353 g/mol. The maximum atomic E-state index is 12.1. The Morgan fingerprint density at radius 2 is 1.96 bits per heavy atom.